The number of nitrogens with zero attached hydrogens (tertiary/aromatic N) is 1. The van der Waals surface area contributed by atoms with Crippen LogP contribution in [-0.2, 0) is 0 Å². The standard InChI is InChI=1S/C12H18ClN3/c1-16(2)12-10(13)4-3-5-11(12)15-9-6-8(14)7-9/h3-5,8-9,15H,6-7,14H2,1-2H3. The van der Waals surface area contributed by atoms with Crippen molar-refractivity contribution >= 4 is 23.0 Å². The molecule has 0 unspecified atom stereocenters. The molecule has 0 aromatic heterocycles. The van der Waals surface area contributed by atoms with Gasteiger partial charge in [0.2, 0.25) is 0 Å². The summed E-state index contributed by atoms with van der Waals surface area (Å²) in [6.07, 6.45) is 2.08. The van der Waals surface area contributed by atoms with E-state index in [1.54, 1.807) is 0 Å². The third-order valence-corrected chi connectivity index (χ3v) is 3.27. The molecule has 1 fully saturated rings. The molecule has 1 aliphatic rings. The highest BCUT2D eigenvalue weighted by molar-refractivity contribution is 6.34. The molecule has 0 atom stereocenters. The number of nitrogens with two attached hydrogens (primary N) is 1. The Morgan fingerprint density at radius 3 is 2.62 bits per heavy atom. The molecule has 1 aromatic rings. The van der Waals surface area contributed by atoms with Gasteiger partial charge in [0, 0.05) is 26.2 Å². The second-order valence-corrected chi connectivity index (χ2v) is 5.01. The fourth-order valence-electron chi connectivity index (χ4n) is 2.09. The Hall–Kier alpha value is -0.930. The van der Waals surface area contributed by atoms with E-state index < -0.39 is 0 Å². The van der Waals surface area contributed by atoms with Gasteiger partial charge in [-0.2, -0.15) is 0 Å². The van der Waals surface area contributed by atoms with E-state index in [1.165, 1.54) is 0 Å². The van der Waals surface area contributed by atoms with Crippen LogP contribution in [0.4, 0.5) is 11.4 Å². The molecule has 1 saturated carbocycles. The summed E-state index contributed by atoms with van der Waals surface area (Å²) in [6, 6.07) is 6.79. The topological polar surface area (TPSA) is 41.3 Å². The molecule has 0 spiro atoms. The summed E-state index contributed by atoms with van der Waals surface area (Å²) in [5, 5.41) is 4.27. The normalized spacial score (nSPS) is 23.8. The van der Waals surface area contributed by atoms with Crippen molar-refractivity contribution in [3.63, 3.8) is 0 Å². The van der Waals surface area contributed by atoms with Crippen LogP contribution in [0.2, 0.25) is 5.02 Å². The minimum absolute atomic E-state index is 0.361. The molecule has 3 N–H and O–H groups in total. The summed E-state index contributed by atoms with van der Waals surface area (Å²) < 4.78 is 0. The van der Waals surface area contributed by atoms with Crippen molar-refractivity contribution in [2.24, 2.45) is 5.73 Å². The Morgan fingerprint density at radius 1 is 1.38 bits per heavy atom. The van der Waals surface area contributed by atoms with E-state index in [4.69, 9.17) is 17.3 Å². The summed E-state index contributed by atoms with van der Waals surface area (Å²) in [4.78, 5) is 2.03. The Bertz CT molecular complexity index is 373. The van der Waals surface area contributed by atoms with Gasteiger partial charge in [0.15, 0.2) is 0 Å². The predicted molar refractivity (Wildman–Crippen MR) is 70.4 cm³/mol. The van der Waals surface area contributed by atoms with Gasteiger partial charge in [0.25, 0.3) is 0 Å². The molecular formula is C12H18ClN3. The SMILES string of the molecule is CN(C)c1c(Cl)cccc1NC1CC(N)C1. The van der Waals surface area contributed by atoms with Gasteiger partial charge in [0.05, 0.1) is 16.4 Å². The number of rotatable bonds is 3. The van der Waals surface area contributed by atoms with Crippen molar-refractivity contribution in [1.82, 2.24) is 0 Å². The van der Waals surface area contributed by atoms with Gasteiger partial charge in [-0.25, -0.2) is 0 Å². The largest absolute Gasteiger partial charge is 0.380 e. The summed E-state index contributed by atoms with van der Waals surface area (Å²) in [7, 11) is 4.00. The Kier molecular flexibility index (Phi) is 3.26. The lowest BCUT2D eigenvalue weighted by atomic mass is 9.87. The zero-order valence-electron chi connectivity index (χ0n) is 9.70. The number of para-hydroxylation sites is 1. The van der Waals surface area contributed by atoms with Gasteiger partial charge in [-0.15, -0.1) is 0 Å². The van der Waals surface area contributed by atoms with E-state index in [2.05, 4.69) is 11.4 Å². The summed E-state index contributed by atoms with van der Waals surface area (Å²) in [5.41, 5.74) is 7.91. The quantitative estimate of drug-likeness (QED) is 0.851. The molecule has 0 amide bonds. The molecule has 3 nitrogen and oxygen atoms in total. The third kappa shape index (κ3) is 2.25. The summed E-state index contributed by atoms with van der Waals surface area (Å²) in [6.45, 7) is 0. The van der Waals surface area contributed by atoms with E-state index in [1.807, 2.05) is 31.1 Å². The molecule has 0 saturated heterocycles. The molecule has 1 aliphatic carbocycles. The monoisotopic (exact) mass is 239 g/mol. The van der Waals surface area contributed by atoms with Crippen LogP contribution >= 0.6 is 11.6 Å². The van der Waals surface area contributed by atoms with Crippen LogP contribution in [0.3, 0.4) is 0 Å². The molecule has 0 bridgehead atoms. The second-order valence-electron chi connectivity index (χ2n) is 4.60. The van der Waals surface area contributed by atoms with Crippen molar-refractivity contribution in [3.8, 4) is 0 Å². The zero-order valence-corrected chi connectivity index (χ0v) is 10.5. The number of nitrogens with one attached hydrogen (secondary N) is 1. The van der Waals surface area contributed by atoms with Crippen molar-refractivity contribution < 1.29 is 0 Å². The first-order valence-electron chi connectivity index (χ1n) is 5.56. The number of hydrogen-bond donors (Lipinski definition) is 2. The first-order valence-corrected chi connectivity index (χ1v) is 5.93. The first kappa shape index (κ1) is 11.6. The van der Waals surface area contributed by atoms with Crippen LogP contribution in [0.1, 0.15) is 12.8 Å². The van der Waals surface area contributed by atoms with Crippen molar-refractivity contribution in [2.75, 3.05) is 24.3 Å². The molecule has 1 aromatic carbocycles. The average molecular weight is 240 g/mol. The predicted octanol–water partition coefficient (Wildman–Crippen LogP) is 2.31. The highest BCUT2D eigenvalue weighted by Gasteiger charge is 2.26. The lowest BCUT2D eigenvalue weighted by molar-refractivity contribution is 0.374. The van der Waals surface area contributed by atoms with Gasteiger partial charge in [-0.1, -0.05) is 17.7 Å². The first-order chi connectivity index (χ1) is 7.58. The lowest BCUT2D eigenvalue weighted by Gasteiger charge is -2.35. The van der Waals surface area contributed by atoms with Crippen LogP contribution < -0.4 is 16.0 Å². The van der Waals surface area contributed by atoms with E-state index in [0.29, 0.717) is 12.1 Å². The minimum atomic E-state index is 0.361. The number of halogens is 1. The van der Waals surface area contributed by atoms with E-state index in [0.717, 1.165) is 29.2 Å². The Morgan fingerprint density at radius 2 is 2.06 bits per heavy atom. The van der Waals surface area contributed by atoms with Gasteiger partial charge in [0.1, 0.15) is 0 Å². The molecule has 0 heterocycles. The smallest absolute Gasteiger partial charge is 0.0786 e. The molecule has 0 radical (unpaired) electrons. The van der Waals surface area contributed by atoms with Gasteiger partial charge in [-0.05, 0) is 25.0 Å². The Balaban J connectivity index is 2.16. The van der Waals surface area contributed by atoms with Gasteiger partial charge >= 0.3 is 0 Å². The van der Waals surface area contributed by atoms with Gasteiger partial charge < -0.3 is 16.0 Å². The van der Waals surface area contributed by atoms with E-state index >= 15 is 0 Å². The molecule has 2 rings (SSSR count). The van der Waals surface area contributed by atoms with E-state index in [-0.39, 0.29) is 0 Å². The average Bonchev–Trinajstić information content (AvgIpc) is 2.14. The molecule has 4 heteroatoms. The second kappa shape index (κ2) is 4.52. The van der Waals surface area contributed by atoms with Crippen molar-refractivity contribution in [3.05, 3.63) is 23.2 Å². The maximum Gasteiger partial charge on any atom is 0.0786 e. The zero-order chi connectivity index (χ0) is 11.7. The minimum Gasteiger partial charge on any atom is -0.380 e. The highest BCUT2D eigenvalue weighted by atomic mass is 35.5. The van der Waals surface area contributed by atoms with Crippen LogP contribution in [0.15, 0.2) is 18.2 Å². The third-order valence-electron chi connectivity index (χ3n) is 2.97. The fourth-order valence-corrected chi connectivity index (χ4v) is 2.43. The number of benzene rings is 1. The summed E-state index contributed by atoms with van der Waals surface area (Å²) >= 11 is 6.19. The molecule has 16 heavy (non-hydrogen) atoms. The van der Waals surface area contributed by atoms with Crippen LogP contribution in [0.5, 0.6) is 0 Å². The molecular weight excluding hydrogens is 222 g/mol. The van der Waals surface area contributed by atoms with Crippen molar-refractivity contribution in [1.29, 1.82) is 0 Å². The number of hydrogen-bond acceptors (Lipinski definition) is 3. The number of anilines is 2. The van der Waals surface area contributed by atoms with E-state index in [9.17, 15) is 0 Å². The van der Waals surface area contributed by atoms with Crippen LogP contribution in [0.25, 0.3) is 0 Å². The fraction of sp³-hybridized carbons (Fsp3) is 0.500. The van der Waals surface area contributed by atoms with Gasteiger partial charge in [-0.3, -0.25) is 0 Å². The van der Waals surface area contributed by atoms with Crippen LogP contribution in [0, 0.1) is 0 Å². The van der Waals surface area contributed by atoms with Crippen molar-refractivity contribution in [2.45, 2.75) is 24.9 Å². The lowest BCUT2D eigenvalue weighted by Crippen LogP contribution is -2.44. The summed E-state index contributed by atoms with van der Waals surface area (Å²) in [5.74, 6) is 0. The Labute approximate surface area is 102 Å². The van der Waals surface area contributed by atoms with Crippen LogP contribution in [-0.4, -0.2) is 26.2 Å². The molecule has 0 aliphatic heterocycles. The maximum absolute atomic E-state index is 6.19. The maximum atomic E-state index is 6.19. The molecule has 88 valence electrons. The highest BCUT2D eigenvalue weighted by Crippen LogP contribution is 2.34.